The molecule has 2 atom stereocenters. The van der Waals surface area contributed by atoms with E-state index < -0.39 is 6.10 Å². The van der Waals surface area contributed by atoms with Crippen LogP contribution in [-0.2, 0) is 13.0 Å². The first kappa shape index (κ1) is 19.0. The summed E-state index contributed by atoms with van der Waals surface area (Å²) in [6, 6.07) is 11.5. The average Bonchev–Trinajstić information content (AvgIpc) is 3.48. The molecule has 5 rings (SSSR count). The highest BCUT2D eigenvalue weighted by atomic mass is 19.1. The summed E-state index contributed by atoms with van der Waals surface area (Å²) in [6.45, 7) is 2.03. The molecule has 1 N–H and O–H groups in total. The zero-order chi connectivity index (χ0) is 20.8. The van der Waals surface area contributed by atoms with E-state index in [1.165, 1.54) is 0 Å². The van der Waals surface area contributed by atoms with Crippen molar-refractivity contribution >= 4 is 5.91 Å². The van der Waals surface area contributed by atoms with Crippen LogP contribution in [0.25, 0.3) is 5.69 Å². The molecule has 1 aliphatic heterocycles. The van der Waals surface area contributed by atoms with E-state index in [0.29, 0.717) is 29.5 Å². The molecule has 0 radical (unpaired) electrons. The SMILES string of the molecule is Cc1c(Cc2ccc(-n3cccn3)cc2)cc2c(c1F)CN(C1CCCC1O)C2=O. The Labute approximate surface area is 174 Å². The van der Waals surface area contributed by atoms with Crippen LogP contribution in [0.15, 0.2) is 48.8 Å². The standard InChI is InChI=1S/C24H24FN3O2/c1-15-17(12-16-6-8-18(9-7-16)28-11-3-10-26-28)13-19-20(23(15)25)14-27(24(19)30)21-4-2-5-22(21)29/h3,6-11,13,21-22,29H,2,4-5,12,14H2,1H3. The lowest BCUT2D eigenvalue weighted by molar-refractivity contribution is 0.0478. The van der Waals surface area contributed by atoms with Crippen LogP contribution in [0.4, 0.5) is 4.39 Å². The zero-order valence-corrected chi connectivity index (χ0v) is 16.9. The number of hydrogen-bond acceptors (Lipinski definition) is 3. The van der Waals surface area contributed by atoms with Gasteiger partial charge in [0.2, 0.25) is 0 Å². The molecule has 2 unspecified atom stereocenters. The largest absolute Gasteiger partial charge is 0.391 e. The van der Waals surface area contributed by atoms with Gasteiger partial charge in [0.1, 0.15) is 5.82 Å². The second kappa shape index (κ2) is 7.36. The predicted octanol–water partition coefficient (Wildman–Crippen LogP) is 3.78. The van der Waals surface area contributed by atoms with Gasteiger partial charge in [-0.3, -0.25) is 4.79 Å². The molecule has 0 spiro atoms. The second-order valence-corrected chi connectivity index (χ2v) is 8.29. The van der Waals surface area contributed by atoms with Crippen LogP contribution in [0.5, 0.6) is 0 Å². The first-order valence-electron chi connectivity index (χ1n) is 10.4. The fourth-order valence-corrected chi connectivity index (χ4v) is 4.74. The molecule has 1 aromatic heterocycles. The molecular weight excluding hydrogens is 381 g/mol. The van der Waals surface area contributed by atoms with Crippen molar-refractivity contribution in [1.82, 2.24) is 14.7 Å². The molecule has 2 heterocycles. The fourth-order valence-electron chi connectivity index (χ4n) is 4.74. The van der Waals surface area contributed by atoms with Crippen LogP contribution in [0.1, 0.15) is 51.9 Å². The van der Waals surface area contributed by atoms with Gasteiger partial charge in [-0.15, -0.1) is 0 Å². The quantitative estimate of drug-likeness (QED) is 0.719. The van der Waals surface area contributed by atoms with Crippen molar-refractivity contribution in [2.45, 2.75) is 51.3 Å². The minimum absolute atomic E-state index is 0.162. The number of nitrogens with zero attached hydrogens (tertiary/aromatic N) is 3. The lowest BCUT2D eigenvalue weighted by Gasteiger charge is -2.26. The van der Waals surface area contributed by atoms with Crippen LogP contribution in [0.2, 0.25) is 0 Å². The highest BCUT2D eigenvalue weighted by Gasteiger charge is 2.40. The molecule has 2 aliphatic rings. The maximum absolute atomic E-state index is 15.2. The summed E-state index contributed by atoms with van der Waals surface area (Å²) in [5.74, 6) is -0.455. The van der Waals surface area contributed by atoms with Crippen LogP contribution in [-0.4, -0.2) is 37.8 Å². The topological polar surface area (TPSA) is 58.4 Å². The van der Waals surface area contributed by atoms with E-state index in [1.807, 2.05) is 42.6 Å². The number of benzene rings is 2. The minimum atomic E-state index is -0.514. The summed E-state index contributed by atoms with van der Waals surface area (Å²) < 4.78 is 17.0. The van der Waals surface area contributed by atoms with E-state index in [4.69, 9.17) is 0 Å². The Hall–Kier alpha value is -2.99. The van der Waals surface area contributed by atoms with Crippen LogP contribution in [0, 0.1) is 12.7 Å². The van der Waals surface area contributed by atoms with Gasteiger partial charge in [-0.1, -0.05) is 12.1 Å². The molecular formula is C24H24FN3O2. The number of amides is 1. The van der Waals surface area contributed by atoms with Gasteiger partial charge in [-0.25, -0.2) is 9.07 Å². The number of carbonyl (C=O) groups is 1. The third-order valence-corrected chi connectivity index (χ3v) is 6.48. The van der Waals surface area contributed by atoms with E-state index in [9.17, 15) is 9.90 Å². The Morgan fingerprint density at radius 1 is 1.23 bits per heavy atom. The molecule has 154 valence electrons. The Balaban J connectivity index is 1.42. The number of halogens is 1. The molecule has 1 amide bonds. The predicted molar refractivity (Wildman–Crippen MR) is 111 cm³/mol. The number of rotatable bonds is 4. The number of aliphatic hydroxyl groups is 1. The molecule has 0 saturated heterocycles. The van der Waals surface area contributed by atoms with Crippen molar-refractivity contribution in [3.63, 3.8) is 0 Å². The molecule has 0 bridgehead atoms. The second-order valence-electron chi connectivity index (χ2n) is 8.29. The normalized spacial score (nSPS) is 20.8. The van der Waals surface area contributed by atoms with Crippen molar-refractivity contribution in [3.8, 4) is 5.69 Å². The summed E-state index contributed by atoms with van der Waals surface area (Å²) >= 11 is 0. The Morgan fingerprint density at radius 2 is 2.03 bits per heavy atom. The molecule has 1 saturated carbocycles. The smallest absolute Gasteiger partial charge is 0.254 e. The van der Waals surface area contributed by atoms with E-state index in [0.717, 1.165) is 29.7 Å². The maximum atomic E-state index is 15.2. The van der Waals surface area contributed by atoms with Gasteiger partial charge in [0, 0.05) is 23.5 Å². The molecule has 2 aromatic carbocycles. The van der Waals surface area contributed by atoms with E-state index >= 15 is 4.39 Å². The van der Waals surface area contributed by atoms with Gasteiger partial charge < -0.3 is 10.0 Å². The summed E-state index contributed by atoms with van der Waals surface area (Å²) in [5.41, 5.74) is 4.32. The van der Waals surface area contributed by atoms with Crippen LogP contribution < -0.4 is 0 Å². The molecule has 3 aromatic rings. The highest BCUT2D eigenvalue weighted by Crippen LogP contribution is 2.35. The Kier molecular flexibility index (Phi) is 4.66. The van der Waals surface area contributed by atoms with Gasteiger partial charge in [-0.05, 0) is 73.6 Å². The van der Waals surface area contributed by atoms with Crippen LogP contribution >= 0.6 is 0 Å². The number of aromatic nitrogens is 2. The van der Waals surface area contributed by atoms with Crippen LogP contribution in [0.3, 0.4) is 0 Å². The van der Waals surface area contributed by atoms with Gasteiger partial charge >= 0.3 is 0 Å². The summed E-state index contributed by atoms with van der Waals surface area (Å²) in [7, 11) is 0. The number of carbonyl (C=O) groups excluding carboxylic acids is 1. The van der Waals surface area contributed by atoms with Crippen molar-refractivity contribution < 1.29 is 14.3 Å². The lowest BCUT2D eigenvalue weighted by Crippen LogP contribution is -2.40. The third kappa shape index (κ3) is 3.12. The zero-order valence-electron chi connectivity index (χ0n) is 16.9. The monoisotopic (exact) mass is 405 g/mol. The number of aliphatic hydroxyl groups excluding tert-OH is 1. The van der Waals surface area contributed by atoms with Crippen molar-refractivity contribution in [2.24, 2.45) is 0 Å². The van der Waals surface area contributed by atoms with Crippen molar-refractivity contribution in [1.29, 1.82) is 0 Å². The van der Waals surface area contributed by atoms with Gasteiger partial charge in [0.25, 0.3) is 5.91 Å². The summed E-state index contributed by atoms with van der Waals surface area (Å²) in [6.07, 6.45) is 6.02. The summed E-state index contributed by atoms with van der Waals surface area (Å²) in [4.78, 5) is 14.7. The molecule has 6 heteroatoms. The molecule has 5 nitrogen and oxygen atoms in total. The Bertz CT molecular complexity index is 1090. The molecule has 1 aliphatic carbocycles. The van der Waals surface area contributed by atoms with E-state index in [1.54, 1.807) is 22.7 Å². The van der Waals surface area contributed by atoms with Gasteiger partial charge in [0.05, 0.1) is 24.4 Å². The highest BCUT2D eigenvalue weighted by molar-refractivity contribution is 5.99. The van der Waals surface area contributed by atoms with Crippen molar-refractivity contribution in [2.75, 3.05) is 0 Å². The number of hydrogen-bond donors (Lipinski definition) is 1. The average molecular weight is 405 g/mol. The van der Waals surface area contributed by atoms with E-state index in [2.05, 4.69) is 5.10 Å². The third-order valence-electron chi connectivity index (χ3n) is 6.48. The lowest BCUT2D eigenvalue weighted by atomic mass is 9.95. The minimum Gasteiger partial charge on any atom is -0.391 e. The first-order valence-corrected chi connectivity index (χ1v) is 10.4. The fraction of sp³-hybridized carbons (Fsp3) is 0.333. The maximum Gasteiger partial charge on any atom is 0.254 e. The van der Waals surface area contributed by atoms with E-state index in [-0.39, 0.29) is 24.3 Å². The number of fused-ring (bicyclic) bond motifs is 1. The Morgan fingerprint density at radius 3 is 2.70 bits per heavy atom. The first-order chi connectivity index (χ1) is 14.5. The van der Waals surface area contributed by atoms with Gasteiger partial charge in [-0.2, -0.15) is 5.10 Å². The summed E-state index contributed by atoms with van der Waals surface area (Å²) in [5, 5.41) is 14.4. The van der Waals surface area contributed by atoms with Crippen molar-refractivity contribution in [3.05, 3.63) is 82.4 Å². The molecule has 1 fully saturated rings. The van der Waals surface area contributed by atoms with Gasteiger partial charge in [0.15, 0.2) is 0 Å². The molecule has 30 heavy (non-hydrogen) atoms.